The Morgan fingerprint density at radius 3 is 0.571 bits per heavy atom. The molecule has 0 radical (unpaired) electrons. The van der Waals surface area contributed by atoms with Gasteiger partial charge in [0.05, 0.1) is 0 Å². The van der Waals surface area contributed by atoms with Crippen molar-refractivity contribution >= 4 is 17.9 Å². The Balaban J connectivity index is 4.26. The van der Waals surface area contributed by atoms with Crippen molar-refractivity contribution in [2.75, 3.05) is 13.2 Å². The van der Waals surface area contributed by atoms with Crippen LogP contribution in [0.3, 0.4) is 0 Å². The molecule has 0 N–H and O–H groups in total. The predicted molar refractivity (Wildman–Crippen MR) is 303 cm³/mol. The number of rotatable bonds is 60. The van der Waals surface area contributed by atoms with Gasteiger partial charge in [-0.25, -0.2) is 0 Å². The minimum atomic E-state index is -0.762. The van der Waals surface area contributed by atoms with E-state index in [9.17, 15) is 14.4 Å². The van der Waals surface area contributed by atoms with Gasteiger partial charge in [0.15, 0.2) is 6.10 Å². The molecule has 0 saturated heterocycles. The second-order valence-electron chi connectivity index (χ2n) is 22.1. The lowest BCUT2D eigenvalue weighted by Crippen LogP contribution is -2.30. The first-order chi connectivity index (χ1) is 34.5. The molecule has 0 aliphatic rings. The van der Waals surface area contributed by atoms with Crippen LogP contribution in [0.1, 0.15) is 374 Å². The molecule has 70 heavy (non-hydrogen) atoms. The van der Waals surface area contributed by atoms with E-state index in [-0.39, 0.29) is 31.1 Å². The van der Waals surface area contributed by atoms with E-state index in [2.05, 4.69) is 20.8 Å². The molecule has 1 unspecified atom stereocenters. The summed E-state index contributed by atoms with van der Waals surface area (Å²) in [7, 11) is 0. The summed E-state index contributed by atoms with van der Waals surface area (Å²) in [6.45, 7) is 6.73. The van der Waals surface area contributed by atoms with E-state index >= 15 is 0 Å². The predicted octanol–water partition coefficient (Wildman–Crippen LogP) is 21.5. The van der Waals surface area contributed by atoms with E-state index in [1.165, 1.54) is 276 Å². The molecule has 0 rings (SSSR count). The van der Waals surface area contributed by atoms with E-state index in [0.29, 0.717) is 19.3 Å². The van der Waals surface area contributed by atoms with Crippen LogP contribution in [0.25, 0.3) is 0 Å². The topological polar surface area (TPSA) is 78.9 Å². The van der Waals surface area contributed by atoms with Gasteiger partial charge in [0, 0.05) is 19.3 Å². The summed E-state index contributed by atoms with van der Waals surface area (Å²) in [4.78, 5) is 38.3. The molecular formula is C64H124O6. The van der Waals surface area contributed by atoms with Crippen molar-refractivity contribution in [3.63, 3.8) is 0 Å². The van der Waals surface area contributed by atoms with E-state index in [1.807, 2.05) is 0 Å². The van der Waals surface area contributed by atoms with E-state index < -0.39 is 6.10 Å². The fraction of sp³-hybridized carbons (Fsp3) is 0.953. The van der Waals surface area contributed by atoms with Crippen LogP contribution in [0, 0.1) is 0 Å². The number of carbonyl (C=O) groups excluding carboxylic acids is 3. The minimum absolute atomic E-state index is 0.0605. The lowest BCUT2D eigenvalue weighted by molar-refractivity contribution is -0.167. The molecule has 416 valence electrons. The van der Waals surface area contributed by atoms with Crippen LogP contribution in [-0.2, 0) is 28.6 Å². The van der Waals surface area contributed by atoms with Crippen molar-refractivity contribution in [1.29, 1.82) is 0 Å². The fourth-order valence-electron chi connectivity index (χ4n) is 10.0. The first-order valence-electron chi connectivity index (χ1n) is 32.0. The Morgan fingerprint density at radius 2 is 0.386 bits per heavy atom. The van der Waals surface area contributed by atoms with Crippen LogP contribution in [0.2, 0.25) is 0 Å². The highest BCUT2D eigenvalue weighted by Gasteiger charge is 2.19. The van der Waals surface area contributed by atoms with Crippen molar-refractivity contribution in [1.82, 2.24) is 0 Å². The molecule has 0 heterocycles. The summed E-state index contributed by atoms with van der Waals surface area (Å²) in [6.07, 6.45) is 68.2. The van der Waals surface area contributed by atoms with Crippen molar-refractivity contribution in [3.05, 3.63) is 0 Å². The first-order valence-corrected chi connectivity index (χ1v) is 32.0. The number of hydrogen-bond donors (Lipinski definition) is 0. The van der Waals surface area contributed by atoms with Crippen LogP contribution in [-0.4, -0.2) is 37.2 Å². The minimum Gasteiger partial charge on any atom is -0.462 e. The van der Waals surface area contributed by atoms with Crippen LogP contribution in [0.15, 0.2) is 0 Å². The zero-order valence-electron chi connectivity index (χ0n) is 47.8. The van der Waals surface area contributed by atoms with Gasteiger partial charge in [-0.1, -0.05) is 335 Å². The highest BCUT2D eigenvalue weighted by atomic mass is 16.6. The third-order valence-electron chi connectivity index (χ3n) is 14.9. The lowest BCUT2D eigenvalue weighted by atomic mass is 10.0. The van der Waals surface area contributed by atoms with Crippen LogP contribution in [0.5, 0.6) is 0 Å². The molecule has 0 fully saturated rings. The Morgan fingerprint density at radius 1 is 0.229 bits per heavy atom. The summed E-state index contributed by atoms with van der Waals surface area (Å²) < 4.78 is 17.0. The first kappa shape index (κ1) is 68.4. The number of ether oxygens (including phenoxy) is 3. The molecule has 0 aromatic heterocycles. The molecule has 0 aliphatic heterocycles. The molecule has 1 atom stereocenters. The third-order valence-corrected chi connectivity index (χ3v) is 14.9. The van der Waals surface area contributed by atoms with Gasteiger partial charge in [-0.3, -0.25) is 14.4 Å². The summed E-state index contributed by atoms with van der Waals surface area (Å²) in [5, 5.41) is 0. The largest absolute Gasteiger partial charge is 0.462 e. The summed E-state index contributed by atoms with van der Waals surface area (Å²) in [5.41, 5.74) is 0. The van der Waals surface area contributed by atoms with Gasteiger partial charge >= 0.3 is 17.9 Å². The Kier molecular flexibility index (Phi) is 58.6. The van der Waals surface area contributed by atoms with Gasteiger partial charge in [-0.2, -0.15) is 0 Å². The van der Waals surface area contributed by atoms with Gasteiger partial charge in [0.25, 0.3) is 0 Å². The number of hydrogen-bond acceptors (Lipinski definition) is 6. The highest BCUT2D eigenvalue weighted by Crippen LogP contribution is 2.19. The summed E-state index contributed by atoms with van der Waals surface area (Å²) in [6, 6.07) is 0. The van der Waals surface area contributed by atoms with E-state index in [4.69, 9.17) is 14.2 Å². The average Bonchev–Trinajstić information content (AvgIpc) is 3.36. The van der Waals surface area contributed by atoms with Gasteiger partial charge in [0.2, 0.25) is 0 Å². The van der Waals surface area contributed by atoms with Crippen LogP contribution >= 0.6 is 0 Å². The maximum atomic E-state index is 12.9. The monoisotopic (exact) mass is 989 g/mol. The zero-order valence-corrected chi connectivity index (χ0v) is 47.8. The Bertz CT molecular complexity index is 1040. The summed E-state index contributed by atoms with van der Waals surface area (Å²) >= 11 is 0. The van der Waals surface area contributed by atoms with Crippen LogP contribution < -0.4 is 0 Å². The standard InChI is InChI=1S/C64H124O6/c1-4-7-10-13-16-19-22-25-28-30-32-34-36-39-42-45-48-51-54-57-63(66)69-60-61(59-68-62(65)56-53-50-47-44-41-38-27-24-21-18-15-12-9-6-3)70-64(67)58-55-52-49-46-43-40-37-35-33-31-29-26-23-20-17-14-11-8-5-2/h61H,4-60H2,1-3H3. The molecule has 0 aromatic carbocycles. The molecule has 0 amide bonds. The SMILES string of the molecule is CCCCCCCCCCCCCCCCCCCCCC(=O)OCC(COC(=O)CCCCCCCCCCCCCCCC)OC(=O)CCCCCCCCCCCCCCCCCCCCC. The van der Waals surface area contributed by atoms with E-state index in [1.54, 1.807) is 0 Å². The second kappa shape index (κ2) is 60.0. The molecule has 0 bridgehead atoms. The molecule has 0 aliphatic carbocycles. The van der Waals surface area contributed by atoms with Crippen molar-refractivity contribution in [2.24, 2.45) is 0 Å². The quantitative estimate of drug-likeness (QED) is 0.0343. The third kappa shape index (κ3) is 57.3. The number of carbonyl (C=O) groups is 3. The van der Waals surface area contributed by atoms with Gasteiger partial charge in [-0.15, -0.1) is 0 Å². The molecular weight excluding hydrogens is 865 g/mol. The molecule has 6 heteroatoms. The maximum Gasteiger partial charge on any atom is 0.306 e. The maximum absolute atomic E-state index is 12.9. The second-order valence-corrected chi connectivity index (χ2v) is 22.1. The molecule has 0 spiro atoms. The number of esters is 3. The average molecular weight is 990 g/mol. The van der Waals surface area contributed by atoms with Gasteiger partial charge < -0.3 is 14.2 Å². The number of unbranched alkanes of at least 4 members (excludes halogenated alkanes) is 49. The van der Waals surface area contributed by atoms with Crippen molar-refractivity contribution < 1.29 is 28.6 Å². The van der Waals surface area contributed by atoms with E-state index in [0.717, 1.165) is 57.8 Å². The van der Waals surface area contributed by atoms with Crippen molar-refractivity contribution in [2.45, 2.75) is 380 Å². The Hall–Kier alpha value is -1.59. The fourth-order valence-corrected chi connectivity index (χ4v) is 10.0. The smallest absolute Gasteiger partial charge is 0.306 e. The Labute approximate surface area is 438 Å². The zero-order chi connectivity index (χ0) is 50.7. The van der Waals surface area contributed by atoms with Crippen LogP contribution in [0.4, 0.5) is 0 Å². The normalized spacial score (nSPS) is 11.9. The summed E-state index contributed by atoms with van der Waals surface area (Å²) in [5.74, 6) is -0.824. The lowest BCUT2D eigenvalue weighted by Gasteiger charge is -2.18. The highest BCUT2D eigenvalue weighted by molar-refractivity contribution is 5.71. The molecule has 0 saturated carbocycles. The molecule has 0 aromatic rings. The van der Waals surface area contributed by atoms with Gasteiger partial charge in [-0.05, 0) is 19.3 Å². The van der Waals surface area contributed by atoms with Gasteiger partial charge in [0.1, 0.15) is 13.2 Å². The van der Waals surface area contributed by atoms with Crippen molar-refractivity contribution in [3.8, 4) is 0 Å². The molecule has 6 nitrogen and oxygen atoms in total.